The van der Waals surface area contributed by atoms with Gasteiger partial charge in [0.15, 0.2) is 0 Å². The largest absolute Gasteiger partial charge is 0.455 e. The summed E-state index contributed by atoms with van der Waals surface area (Å²) in [6.07, 6.45) is 12.9. The highest BCUT2D eigenvalue weighted by Gasteiger charge is 2.42. The molecule has 3 N–H and O–H groups in total. The van der Waals surface area contributed by atoms with Crippen molar-refractivity contribution in [3.8, 4) is 17.6 Å². The van der Waals surface area contributed by atoms with Crippen LogP contribution in [-0.2, 0) is 14.8 Å². The number of nitrogens with zero attached hydrogens (tertiary/aromatic N) is 4. The molecule has 2 aromatic heterocycles. The number of hydrogen-bond acceptors (Lipinski definition) is 11. The summed E-state index contributed by atoms with van der Waals surface area (Å²) < 4.78 is 41.2. The van der Waals surface area contributed by atoms with Crippen LogP contribution >= 0.6 is 0 Å². The van der Waals surface area contributed by atoms with Crippen molar-refractivity contribution in [2.75, 3.05) is 31.6 Å². The van der Waals surface area contributed by atoms with E-state index in [1.807, 2.05) is 6.07 Å². The number of anilines is 1. The number of aromatic nitrogens is 2. The summed E-state index contributed by atoms with van der Waals surface area (Å²) in [5.41, 5.74) is 5.03. The molecule has 2 aliphatic heterocycles. The lowest BCUT2D eigenvalue weighted by molar-refractivity contribution is -0.384. The second-order valence-corrected chi connectivity index (χ2v) is 18.1. The molecule has 14 nitrogen and oxygen atoms in total. The molecule has 1 saturated carbocycles. The fraction of sp³-hybridized carbons (Fsp3) is 0.370. The van der Waals surface area contributed by atoms with Crippen molar-refractivity contribution in [1.29, 1.82) is 5.26 Å². The summed E-state index contributed by atoms with van der Waals surface area (Å²) in [4.78, 5) is 35.1. The Bertz CT molecular complexity index is 2670. The van der Waals surface area contributed by atoms with Gasteiger partial charge >= 0.3 is 0 Å². The van der Waals surface area contributed by atoms with E-state index in [-0.39, 0.29) is 28.8 Å². The Morgan fingerprint density at radius 3 is 2.66 bits per heavy atom. The predicted octanol–water partition coefficient (Wildman–Crippen LogP) is 8.62. The van der Waals surface area contributed by atoms with Gasteiger partial charge in [0.1, 0.15) is 22.8 Å². The summed E-state index contributed by atoms with van der Waals surface area (Å²) in [5.74, 6) is 0.241. The molecule has 4 atom stereocenters. The lowest BCUT2D eigenvalue weighted by Gasteiger charge is -2.36. The molecular formula is C46H47N7O7S. The summed E-state index contributed by atoms with van der Waals surface area (Å²) in [5, 5.41) is 25.5. The summed E-state index contributed by atoms with van der Waals surface area (Å²) >= 11 is 0. The normalized spacial score (nSPS) is 22.0. The van der Waals surface area contributed by atoms with E-state index >= 15 is 0 Å². The van der Waals surface area contributed by atoms with Gasteiger partial charge in [-0.3, -0.25) is 19.8 Å². The van der Waals surface area contributed by atoms with Crippen molar-refractivity contribution in [1.82, 2.24) is 19.6 Å². The summed E-state index contributed by atoms with van der Waals surface area (Å²) in [6.45, 7) is 2.76. The third-order valence-electron chi connectivity index (χ3n) is 12.7. The standard InChI is InChI=1S/C46H47N7O7S/c47-26-33-23-40(33)37-4-1-2-5-38(37)42-6-3-19-52(42)34-10-7-30(8-11-34)31-9-13-39(44(24-31)60-35-22-32-15-18-48-45(32)50-28-35)46(54)51-61(57,58)36-12-14-41(43(25-36)53(55)56)49-27-29-16-20-59-21-17-29/h1-2,4-5,7,9,12-15,18,22,24-25,28-29,33-34,40,42,49H,3,6,8,10-11,16-17,19-21,23,27H2,(H,48,50)(H,51,54)/t33-,34?,40+,42?/m1/s1. The van der Waals surface area contributed by atoms with E-state index < -0.39 is 31.4 Å². The number of H-pyrrole nitrogens is 1. The van der Waals surface area contributed by atoms with Crippen LogP contribution in [-0.4, -0.2) is 66.5 Å². The number of sulfonamides is 1. The number of nitro groups is 1. The van der Waals surface area contributed by atoms with Gasteiger partial charge < -0.3 is 19.8 Å². The highest BCUT2D eigenvalue weighted by atomic mass is 32.2. The number of carbonyl (C=O) groups excluding carboxylic acids is 1. The van der Waals surface area contributed by atoms with Gasteiger partial charge in [-0.1, -0.05) is 36.4 Å². The molecular weight excluding hydrogens is 795 g/mol. The number of carbonyl (C=O) groups is 1. The Balaban J connectivity index is 0.951. The maximum atomic E-state index is 13.9. The minimum Gasteiger partial charge on any atom is -0.455 e. The topological polar surface area (TPSA) is 193 Å². The second kappa shape index (κ2) is 17.1. The molecule has 2 saturated heterocycles. The molecule has 314 valence electrons. The number of likely N-dealkylation sites (tertiary alicyclic amines) is 1. The fourth-order valence-electron chi connectivity index (χ4n) is 9.29. The van der Waals surface area contributed by atoms with E-state index in [1.165, 1.54) is 29.5 Å². The van der Waals surface area contributed by atoms with Gasteiger partial charge in [-0.25, -0.2) is 18.1 Å². The maximum absolute atomic E-state index is 13.9. The number of benzene rings is 3. The number of nitro benzene ring substituents is 1. The Hall–Kier alpha value is -6.08. The maximum Gasteiger partial charge on any atom is 0.293 e. The summed E-state index contributed by atoms with van der Waals surface area (Å²) in [7, 11) is -4.56. The highest BCUT2D eigenvalue weighted by Crippen LogP contribution is 2.51. The molecule has 1 amide bonds. The predicted molar refractivity (Wildman–Crippen MR) is 230 cm³/mol. The quantitative estimate of drug-likeness (QED) is 0.0759. The van der Waals surface area contributed by atoms with E-state index in [2.05, 4.69) is 61.3 Å². The van der Waals surface area contributed by atoms with E-state index in [1.54, 1.807) is 30.5 Å². The minimum atomic E-state index is -4.56. The first-order chi connectivity index (χ1) is 29.6. The molecule has 2 aliphatic carbocycles. The molecule has 0 radical (unpaired) electrons. The third kappa shape index (κ3) is 8.61. The van der Waals surface area contributed by atoms with Gasteiger partial charge in [-0.15, -0.1) is 0 Å². The van der Waals surface area contributed by atoms with E-state index in [0.29, 0.717) is 49.2 Å². The van der Waals surface area contributed by atoms with Crippen molar-refractivity contribution in [3.63, 3.8) is 0 Å². The molecule has 9 rings (SSSR count). The van der Waals surface area contributed by atoms with Gasteiger partial charge in [0.25, 0.3) is 21.6 Å². The Labute approximate surface area is 354 Å². The number of hydrogen-bond donors (Lipinski definition) is 3. The average molecular weight is 842 g/mol. The smallest absolute Gasteiger partial charge is 0.293 e. The zero-order chi connectivity index (χ0) is 42.1. The minimum absolute atomic E-state index is 0.0344. The third-order valence-corrected chi connectivity index (χ3v) is 14.0. The van der Waals surface area contributed by atoms with Crippen LogP contribution in [0.3, 0.4) is 0 Å². The van der Waals surface area contributed by atoms with Crippen LogP contribution in [0.15, 0.2) is 96.2 Å². The molecule has 4 heterocycles. The van der Waals surface area contributed by atoms with Crippen molar-refractivity contribution in [3.05, 3.63) is 124 Å². The van der Waals surface area contributed by atoms with Crippen LogP contribution in [0, 0.1) is 33.3 Å². The monoisotopic (exact) mass is 841 g/mol. The van der Waals surface area contributed by atoms with Crippen molar-refractivity contribution in [2.45, 2.75) is 74.3 Å². The lowest BCUT2D eigenvalue weighted by atomic mass is 9.88. The van der Waals surface area contributed by atoms with Crippen molar-refractivity contribution < 1.29 is 27.6 Å². The number of nitriles is 1. The lowest BCUT2D eigenvalue weighted by Crippen LogP contribution is -2.36. The zero-order valence-electron chi connectivity index (χ0n) is 33.6. The number of aromatic amines is 1. The van der Waals surface area contributed by atoms with Crippen LogP contribution in [0.4, 0.5) is 11.4 Å². The SMILES string of the molecule is N#C[C@H]1C[C@@H]1c1ccccc1C1CCCN1C1CC=C(c2ccc(C(=O)NS(=O)(=O)c3ccc(NCC4CCOCC4)c([N+](=O)[O-])c3)c(Oc3cnc4[nH]ccc4c3)c2)CC1. The molecule has 5 aromatic rings. The van der Waals surface area contributed by atoms with Gasteiger partial charge in [-0.05, 0) is 122 Å². The van der Waals surface area contributed by atoms with E-state index in [9.17, 15) is 28.6 Å². The van der Waals surface area contributed by atoms with Crippen LogP contribution < -0.4 is 14.8 Å². The van der Waals surface area contributed by atoms with Gasteiger partial charge in [0, 0.05) is 55.4 Å². The number of nitrogens with one attached hydrogen (secondary N) is 3. The number of allylic oxidation sites excluding steroid dienone is 1. The molecule has 4 aliphatic rings. The van der Waals surface area contributed by atoms with Crippen molar-refractivity contribution >= 4 is 43.9 Å². The Morgan fingerprint density at radius 2 is 1.89 bits per heavy atom. The van der Waals surface area contributed by atoms with Crippen LogP contribution in [0.25, 0.3) is 16.6 Å². The molecule has 0 spiro atoms. The highest BCUT2D eigenvalue weighted by molar-refractivity contribution is 7.90. The molecule has 3 fully saturated rings. The number of rotatable bonds is 13. The van der Waals surface area contributed by atoms with E-state index in [0.717, 1.165) is 80.5 Å². The summed E-state index contributed by atoms with van der Waals surface area (Å²) in [6, 6.07) is 24.1. The van der Waals surface area contributed by atoms with Crippen LogP contribution in [0.2, 0.25) is 0 Å². The van der Waals surface area contributed by atoms with Gasteiger partial charge in [0.05, 0.1) is 33.6 Å². The fourth-order valence-corrected chi connectivity index (χ4v) is 10.3. The molecule has 61 heavy (non-hydrogen) atoms. The first kappa shape index (κ1) is 40.3. The average Bonchev–Trinajstić information content (AvgIpc) is 3.63. The number of pyridine rings is 1. The first-order valence-electron chi connectivity index (χ1n) is 21.0. The number of amides is 1. The first-order valence-corrected chi connectivity index (χ1v) is 22.5. The van der Waals surface area contributed by atoms with E-state index in [4.69, 9.17) is 9.47 Å². The number of ether oxygens (including phenoxy) is 2. The molecule has 15 heteroatoms. The Morgan fingerprint density at radius 1 is 1.05 bits per heavy atom. The van der Waals surface area contributed by atoms with Crippen LogP contribution in [0.5, 0.6) is 11.5 Å². The second-order valence-electron chi connectivity index (χ2n) is 16.5. The van der Waals surface area contributed by atoms with Crippen molar-refractivity contribution in [2.24, 2.45) is 11.8 Å². The van der Waals surface area contributed by atoms with Gasteiger partial charge in [-0.2, -0.15) is 5.26 Å². The molecule has 0 bridgehead atoms. The van der Waals surface area contributed by atoms with Gasteiger partial charge in [0.2, 0.25) is 0 Å². The Kier molecular flexibility index (Phi) is 11.3. The molecule has 3 aromatic carbocycles. The number of fused-ring (bicyclic) bond motifs is 1. The zero-order valence-corrected chi connectivity index (χ0v) is 34.4. The van der Waals surface area contributed by atoms with Crippen LogP contribution in [0.1, 0.15) is 90.4 Å². The molecule has 2 unspecified atom stereocenters.